The quantitative estimate of drug-likeness (QED) is 0.386. The number of nitrogens with one attached hydrogen (secondary N) is 3. The molecule has 0 aliphatic carbocycles. The third-order valence-electron chi connectivity index (χ3n) is 3.50. The Morgan fingerprint density at radius 1 is 1.30 bits per heavy atom. The molecule has 0 saturated heterocycles. The molecule has 0 spiro atoms. The summed E-state index contributed by atoms with van der Waals surface area (Å²) in [7, 11) is 0. The van der Waals surface area contributed by atoms with Crippen molar-refractivity contribution < 1.29 is 17.6 Å². The van der Waals surface area contributed by atoms with Crippen LogP contribution >= 0.6 is 0 Å². The molecule has 1 atom stereocenters. The lowest BCUT2D eigenvalue weighted by molar-refractivity contribution is -0.141. The highest BCUT2D eigenvalue weighted by atomic mass is 19.4. The summed E-state index contributed by atoms with van der Waals surface area (Å²) < 4.78 is 43.5. The maximum Gasteiger partial charge on any atom is 0.433 e. The molecule has 148 valence electrons. The predicted octanol–water partition coefficient (Wildman–Crippen LogP) is 3.13. The average Bonchev–Trinajstić information content (AvgIpc) is 3.05. The highest BCUT2D eigenvalue weighted by Gasteiger charge is 2.32. The van der Waals surface area contributed by atoms with Gasteiger partial charge in [0, 0.05) is 19.3 Å². The highest BCUT2D eigenvalue weighted by Crippen LogP contribution is 2.27. The maximum absolute atomic E-state index is 12.6. The molecule has 27 heavy (non-hydrogen) atoms. The van der Waals surface area contributed by atoms with Crippen LogP contribution in [-0.4, -0.2) is 35.6 Å². The second-order valence-electron chi connectivity index (χ2n) is 5.77. The third kappa shape index (κ3) is 6.46. The molecule has 0 aromatic carbocycles. The molecule has 7 nitrogen and oxygen atoms in total. The fourth-order valence-electron chi connectivity index (χ4n) is 2.22. The Labute approximate surface area is 155 Å². The first-order valence-electron chi connectivity index (χ1n) is 8.55. The molecule has 2 heterocycles. The highest BCUT2D eigenvalue weighted by molar-refractivity contribution is 5.80. The van der Waals surface area contributed by atoms with Gasteiger partial charge in [-0.1, -0.05) is 0 Å². The molecule has 0 amide bonds. The van der Waals surface area contributed by atoms with E-state index in [1.807, 2.05) is 32.9 Å². The Hall–Kier alpha value is -2.78. The van der Waals surface area contributed by atoms with Gasteiger partial charge in [0.2, 0.25) is 5.95 Å². The first-order chi connectivity index (χ1) is 12.8. The lowest BCUT2D eigenvalue weighted by atomic mass is 10.2. The third-order valence-corrected chi connectivity index (χ3v) is 3.50. The summed E-state index contributed by atoms with van der Waals surface area (Å²) in [6.07, 6.45) is -3.43. The van der Waals surface area contributed by atoms with Gasteiger partial charge in [0.15, 0.2) is 5.96 Å². The van der Waals surface area contributed by atoms with Crippen molar-refractivity contribution in [1.29, 1.82) is 0 Å². The SMILES string of the molecule is CCNC(=NCCNc1nccc(C(F)(F)F)n1)NC(C)c1ccc(C)o1. The van der Waals surface area contributed by atoms with E-state index in [4.69, 9.17) is 4.42 Å². The van der Waals surface area contributed by atoms with E-state index in [1.54, 1.807) is 0 Å². The van der Waals surface area contributed by atoms with Gasteiger partial charge in [0.1, 0.15) is 17.2 Å². The number of aryl methyl sites for hydroxylation is 1. The Kier molecular flexibility index (Phi) is 7.03. The van der Waals surface area contributed by atoms with Crippen LogP contribution in [0.25, 0.3) is 0 Å². The number of nitrogens with zero attached hydrogens (tertiary/aromatic N) is 3. The molecular formula is C17H23F3N6O. The molecule has 0 fully saturated rings. The number of rotatable bonds is 7. The lowest BCUT2D eigenvalue weighted by Gasteiger charge is -2.16. The summed E-state index contributed by atoms with van der Waals surface area (Å²) in [5, 5.41) is 9.06. The summed E-state index contributed by atoms with van der Waals surface area (Å²) in [6.45, 7) is 7.02. The number of furan rings is 1. The van der Waals surface area contributed by atoms with Crippen LogP contribution < -0.4 is 16.0 Å². The van der Waals surface area contributed by atoms with Crippen LogP contribution in [0.15, 0.2) is 33.8 Å². The predicted molar refractivity (Wildman–Crippen MR) is 96.5 cm³/mol. The van der Waals surface area contributed by atoms with Crippen LogP contribution in [0.3, 0.4) is 0 Å². The van der Waals surface area contributed by atoms with Crippen molar-refractivity contribution in [3.8, 4) is 0 Å². The van der Waals surface area contributed by atoms with Crippen LogP contribution in [0.5, 0.6) is 0 Å². The standard InChI is InChI=1S/C17H23F3N6O/c1-4-21-15(25-12(3)13-6-5-11(2)27-13)23-9-10-24-16-22-8-7-14(26-16)17(18,19)20/h5-8,12H,4,9-10H2,1-3H3,(H2,21,23,25)(H,22,24,26). The normalized spacial score (nSPS) is 13.3. The topological polar surface area (TPSA) is 87.4 Å². The van der Waals surface area contributed by atoms with Gasteiger partial charge in [-0.25, -0.2) is 9.97 Å². The van der Waals surface area contributed by atoms with Crippen molar-refractivity contribution in [3.05, 3.63) is 41.6 Å². The maximum atomic E-state index is 12.6. The molecular weight excluding hydrogens is 361 g/mol. The van der Waals surface area contributed by atoms with E-state index in [9.17, 15) is 13.2 Å². The van der Waals surface area contributed by atoms with Crippen LogP contribution in [0.4, 0.5) is 19.1 Å². The van der Waals surface area contributed by atoms with Gasteiger partial charge in [0.05, 0.1) is 12.6 Å². The zero-order valence-corrected chi connectivity index (χ0v) is 15.4. The van der Waals surface area contributed by atoms with Crippen molar-refractivity contribution in [2.75, 3.05) is 25.0 Å². The summed E-state index contributed by atoms with van der Waals surface area (Å²) in [4.78, 5) is 11.6. The Morgan fingerprint density at radius 3 is 2.70 bits per heavy atom. The molecule has 0 aliphatic heterocycles. The molecule has 0 radical (unpaired) electrons. The minimum Gasteiger partial charge on any atom is -0.464 e. The summed E-state index contributed by atoms with van der Waals surface area (Å²) in [5.74, 6) is 2.10. The molecule has 0 aliphatic rings. The molecule has 0 saturated carbocycles. The Balaban J connectivity index is 1.89. The average molecular weight is 384 g/mol. The fraction of sp³-hybridized carbons (Fsp3) is 0.471. The number of anilines is 1. The van der Waals surface area contributed by atoms with E-state index in [-0.39, 0.29) is 18.5 Å². The summed E-state index contributed by atoms with van der Waals surface area (Å²) in [6, 6.07) is 4.52. The first-order valence-corrected chi connectivity index (χ1v) is 8.55. The Morgan fingerprint density at radius 2 is 2.07 bits per heavy atom. The largest absolute Gasteiger partial charge is 0.464 e. The van der Waals surface area contributed by atoms with E-state index in [0.29, 0.717) is 19.0 Å². The van der Waals surface area contributed by atoms with E-state index < -0.39 is 11.9 Å². The van der Waals surface area contributed by atoms with Crippen LogP contribution in [0, 0.1) is 6.92 Å². The zero-order chi connectivity index (χ0) is 19.9. The van der Waals surface area contributed by atoms with E-state index in [1.165, 1.54) is 0 Å². The summed E-state index contributed by atoms with van der Waals surface area (Å²) >= 11 is 0. The minimum atomic E-state index is -4.50. The van der Waals surface area contributed by atoms with Crippen molar-refractivity contribution in [2.24, 2.45) is 4.99 Å². The zero-order valence-electron chi connectivity index (χ0n) is 15.4. The fourth-order valence-corrected chi connectivity index (χ4v) is 2.22. The molecule has 1 unspecified atom stereocenters. The van der Waals surface area contributed by atoms with E-state index in [0.717, 1.165) is 23.8 Å². The van der Waals surface area contributed by atoms with Crippen LogP contribution in [-0.2, 0) is 6.18 Å². The van der Waals surface area contributed by atoms with Crippen molar-refractivity contribution in [1.82, 2.24) is 20.6 Å². The van der Waals surface area contributed by atoms with Crippen molar-refractivity contribution in [3.63, 3.8) is 0 Å². The molecule has 3 N–H and O–H groups in total. The van der Waals surface area contributed by atoms with E-state index >= 15 is 0 Å². The van der Waals surface area contributed by atoms with Gasteiger partial charge >= 0.3 is 6.18 Å². The minimum absolute atomic E-state index is 0.0857. The van der Waals surface area contributed by atoms with Gasteiger partial charge < -0.3 is 20.4 Å². The molecule has 0 bridgehead atoms. The van der Waals surface area contributed by atoms with Crippen LogP contribution in [0.2, 0.25) is 0 Å². The first kappa shape index (κ1) is 20.5. The number of aromatic nitrogens is 2. The van der Waals surface area contributed by atoms with Crippen molar-refractivity contribution >= 4 is 11.9 Å². The number of halogens is 3. The number of alkyl halides is 3. The van der Waals surface area contributed by atoms with Gasteiger partial charge in [-0.2, -0.15) is 13.2 Å². The lowest BCUT2D eigenvalue weighted by Crippen LogP contribution is -2.39. The molecule has 2 aromatic heterocycles. The molecule has 2 rings (SSSR count). The number of hydrogen-bond donors (Lipinski definition) is 3. The van der Waals surface area contributed by atoms with Crippen LogP contribution in [0.1, 0.15) is 37.1 Å². The molecule has 10 heteroatoms. The number of hydrogen-bond acceptors (Lipinski definition) is 5. The van der Waals surface area contributed by atoms with Gasteiger partial charge in [0.25, 0.3) is 0 Å². The van der Waals surface area contributed by atoms with Gasteiger partial charge in [-0.15, -0.1) is 0 Å². The number of guanidine groups is 1. The van der Waals surface area contributed by atoms with Gasteiger partial charge in [-0.05, 0) is 39.0 Å². The number of aliphatic imine (C=N–C) groups is 1. The Bertz CT molecular complexity index is 759. The smallest absolute Gasteiger partial charge is 0.433 e. The van der Waals surface area contributed by atoms with Gasteiger partial charge in [-0.3, -0.25) is 4.99 Å². The summed E-state index contributed by atoms with van der Waals surface area (Å²) in [5.41, 5.74) is -0.985. The van der Waals surface area contributed by atoms with Crippen molar-refractivity contribution in [2.45, 2.75) is 33.0 Å². The van der Waals surface area contributed by atoms with E-state index in [2.05, 4.69) is 30.9 Å². The second-order valence-corrected chi connectivity index (χ2v) is 5.77. The molecule has 2 aromatic rings. The second kappa shape index (κ2) is 9.24. The monoisotopic (exact) mass is 384 g/mol.